The van der Waals surface area contributed by atoms with Crippen molar-refractivity contribution in [1.29, 1.82) is 0 Å². The van der Waals surface area contributed by atoms with Crippen molar-refractivity contribution >= 4 is 5.43 Å². The number of hydrogen-bond acceptors (Lipinski definition) is 0. The van der Waals surface area contributed by atoms with Crippen LogP contribution in [0.3, 0.4) is 0 Å². The van der Waals surface area contributed by atoms with Gasteiger partial charge in [-0.15, -0.1) is 0 Å². The Balaban J connectivity index is 0.000000237. The van der Waals surface area contributed by atoms with Crippen molar-refractivity contribution in [1.82, 2.24) is 0 Å². The third-order valence-electron chi connectivity index (χ3n) is 8.00. The molecule has 0 aromatic heterocycles. The van der Waals surface area contributed by atoms with Crippen LogP contribution in [0.5, 0.6) is 0 Å². The van der Waals surface area contributed by atoms with E-state index in [2.05, 4.69) is 99.8 Å². The molecule has 6 rings (SSSR count). The number of rotatable bonds is 2. The molecule has 0 aliphatic heterocycles. The molecule has 0 amide bonds. The Hall–Kier alpha value is -0.920. The van der Waals surface area contributed by atoms with Crippen LogP contribution in [0.25, 0.3) is 0 Å². The van der Waals surface area contributed by atoms with Gasteiger partial charge in [0.15, 0.2) is 0 Å². The van der Waals surface area contributed by atoms with E-state index in [9.17, 15) is 0 Å². The maximum absolute atomic E-state index is 3.59. The van der Waals surface area contributed by atoms with Gasteiger partial charge in [0.25, 0.3) is 0 Å². The van der Waals surface area contributed by atoms with Crippen LogP contribution >= 0.6 is 0 Å². The Morgan fingerprint density at radius 3 is 1.32 bits per heavy atom. The smallest absolute Gasteiger partial charge is 1.00 e. The molecule has 0 N–H and O–H groups in total. The van der Waals surface area contributed by atoms with Crippen LogP contribution in [0.1, 0.15) is 101 Å². The second-order valence-electron chi connectivity index (χ2n) is 11.6. The van der Waals surface area contributed by atoms with Crippen LogP contribution in [0.2, 0.25) is 13.1 Å². The summed E-state index contributed by atoms with van der Waals surface area (Å²) in [6.45, 7) is 9.05. The molecular weight excluding hydrogens is 623 g/mol. The van der Waals surface area contributed by atoms with Crippen molar-refractivity contribution in [2.75, 3.05) is 0 Å². The molecule has 4 aliphatic carbocycles. The molecule has 4 aliphatic rings. The van der Waals surface area contributed by atoms with Gasteiger partial charge in [-0.05, 0) is 0 Å². The van der Waals surface area contributed by atoms with Gasteiger partial charge in [-0.3, -0.25) is 0 Å². The van der Waals surface area contributed by atoms with Crippen molar-refractivity contribution in [3.05, 3.63) is 117 Å². The summed E-state index contributed by atoms with van der Waals surface area (Å²) >= 11 is 1.74. The Bertz CT molecular complexity index is 1130. The number of allylic oxidation sites excluding steroid dienone is 8. The van der Waals surface area contributed by atoms with Crippen LogP contribution in [0.15, 0.2) is 94.1 Å². The molecular formula is C36H44Cl2SiZr-2. The molecule has 2 aromatic carbocycles. The van der Waals surface area contributed by atoms with E-state index in [1.54, 1.807) is 34.5 Å². The first-order chi connectivity index (χ1) is 18.4. The summed E-state index contributed by atoms with van der Waals surface area (Å²) in [5.41, 5.74) is 12.4. The predicted octanol–water partition coefficient (Wildman–Crippen LogP) is 4.38. The second kappa shape index (κ2) is 17.9. The maximum Gasteiger partial charge on any atom is -1.00 e. The van der Waals surface area contributed by atoms with Crippen molar-refractivity contribution in [3.63, 3.8) is 0 Å². The van der Waals surface area contributed by atoms with E-state index < -0.39 is 0 Å². The van der Waals surface area contributed by atoms with Crippen LogP contribution in [0.4, 0.5) is 0 Å². The van der Waals surface area contributed by atoms with E-state index in [1.165, 1.54) is 84.8 Å². The first-order valence-electron chi connectivity index (χ1n) is 14.7. The molecule has 2 atom stereocenters. The van der Waals surface area contributed by atoms with E-state index in [0.717, 1.165) is 12.8 Å². The van der Waals surface area contributed by atoms with Crippen LogP contribution in [0, 0.1) is 12.2 Å². The molecule has 0 spiro atoms. The first kappa shape index (κ1) is 35.3. The number of hydrogen-bond donors (Lipinski definition) is 0. The molecule has 0 bridgehead atoms. The molecule has 0 radical (unpaired) electrons. The van der Waals surface area contributed by atoms with Crippen LogP contribution < -0.4 is 24.8 Å². The minimum absolute atomic E-state index is 0. The molecule has 2 aromatic rings. The van der Waals surface area contributed by atoms with Crippen LogP contribution in [-0.4, -0.2) is 5.43 Å². The zero-order valence-electron chi connectivity index (χ0n) is 24.8. The predicted molar refractivity (Wildman–Crippen MR) is 161 cm³/mol. The molecule has 212 valence electrons. The SMILES string of the molecule is CC1=[C-]C2=C(C1)C(c1ccccc1)CCCC2.CC1=[C-]C2=C(C1)C(c1ccccc1)CCCC2.C[Si](C)=[Zr+2].[Cl-].[Cl-]. The van der Waals surface area contributed by atoms with E-state index in [1.807, 2.05) is 0 Å². The third-order valence-corrected chi connectivity index (χ3v) is 8.00. The standard InChI is InChI=1S/2C17H19.C2H6Si.2ClH.Zr/c2*1-13-11-15-9-5-6-10-16(17(15)12-13)14-7-3-2-4-8-14;1-3-2;;;/h2*2-4,7-8,16H,5-6,9-10,12H2,1H3;1-2H3;2*1H;/q2*-1;;;;+2/p-2. The minimum atomic E-state index is 0. The molecule has 4 heteroatoms. The van der Waals surface area contributed by atoms with Gasteiger partial charge in [0.05, 0.1) is 0 Å². The zero-order valence-corrected chi connectivity index (χ0v) is 29.7. The third kappa shape index (κ3) is 10.1. The minimum Gasteiger partial charge on any atom is -1.00 e. The van der Waals surface area contributed by atoms with Gasteiger partial charge in [-0.1, -0.05) is 162 Å². The fraction of sp³-hybridized carbons (Fsp3) is 0.444. The molecule has 0 saturated heterocycles. The molecule has 0 nitrogen and oxygen atoms in total. The zero-order chi connectivity index (χ0) is 26.9. The van der Waals surface area contributed by atoms with Crippen molar-refractivity contribution in [2.24, 2.45) is 0 Å². The van der Waals surface area contributed by atoms with Gasteiger partial charge in [-0.25, -0.2) is 34.4 Å². The van der Waals surface area contributed by atoms with Crippen molar-refractivity contribution in [2.45, 2.75) is 103 Å². The van der Waals surface area contributed by atoms with Gasteiger partial charge < -0.3 is 24.8 Å². The van der Waals surface area contributed by atoms with Crippen LogP contribution in [-0.2, 0) is 23.3 Å². The van der Waals surface area contributed by atoms with E-state index in [0.29, 0.717) is 11.8 Å². The van der Waals surface area contributed by atoms with E-state index >= 15 is 0 Å². The molecule has 40 heavy (non-hydrogen) atoms. The Morgan fingerprint density at radius 2 is 0.975 bits per heavy atom. The van der Waals surface area contributed by atoms with Crippen molar-refractivity contribution in [3.8, 4) is 0 Å². The van der Waals surface area contributed by atoms with Gasteiger partial charge in [0.1, 0.15) is 0 Å². The fourth-order valence-electron chi connectivity index (χ4n) is 6.42. The topological polar surface area (TPSA) is 0 Å². The van der Waals surface area contributed by atoms with Gasteiger partial charge in [0.2, 0.25) is 0 Å². The summed E-state index contributed by atoms with van der Waals surface area (Å²) < 4.78 is 0. The maximum atomic E-state index is 3.59. The average Bonchev–Trinajstić information content (AvgIpc) is 3.31. The summed E-state index contributed by atoms with van der Waals surface area (Å²) in [5, 5.41) is 0. The Labute approximate surface area is 272 Å². The molecule has 0 fully saturated rings. The summed E-state index contributed by atoms with van der Waals surface area (Å²) in [5.74, 6) is 1.30. The summed E-state index contributed by atoms with van der Waals surface area (Å²) in [6.07, 6.45) is 20.0. The quantitative estimate of drug-likeness (QED) is 0.330. The second-order valence-corrected chi connectivity index (χ2v) is 21.0. The molecule has 0 saturated carbocycles. The Morgan fingerprint density at radius 1 is 0.625 bits per heavy atom. The van der Waals surface area contributed by atoms with Gasteiger partial charge >= 0.3 is 41.9 Å². The summed E-state index contributed by atoms with van der Waals surface area (Å²) in [4.78, 5) is 0. The summed E-state index contributed by atoms with van der Waals surface area (Å²) in [7, 11) is 0. The summed E-state index contributed by atoms with van der Waals surface area (Å²) in [6, 6.07) is 22.0. The Kier molecular flexibility index (Phi) is 15.8. The largest absolute Gasteiger partial charge is 1.00 e. The molecule has 0 heterocycles. The molecule has 2 unspecified atom stereocenters. The fourth-order valence-corrected chi connectivity index (χ4v) is 6.42. The first-order valence-corrected chi connectivity index (χ1v) is 20.9. The van der Waals surface area contributed by atoms with Gasteiger partial charge in [0, 0.05) is 0 Å². The normalized spacial score (nSPS) is 21.4. The van der Waals surface area contributed by atoms with E-state index in [-0.39, 0.29) is 30.2 Å². The monoisotopic (exact) mass is 664 g/mol. The van der Waals surface area contributed by atoms with Crippen molar-refractivity contribution < 1.29 is 48.1 Å². The number of halogens is 2. The van der Waals surface area contributed by atoms with Gasteiger partial charge in [-0.2, -0.15) is 11.1 Å². The average molecular weight is 667 g/mol. The van der Waals surface area contributed by atoms with E-state index in [4.69, 9.17) is 0 Å². The number of benzene rings is 2.